The van der Waals surface area contributed by atoms with E-state index >= 15 is 0 Å². The average molecular weight is 282 g/mol. The van der Waals surface area contributed by atoms with Gasteiger partial charge in [-0.05, 0) is 17.7 Å². The van der Waals surface area contributed by atoms with E-state index in [0.29, 0.717) is 0 Å². The molecule has 0 N–H and O–H groups in total. The first-order valence-corrected chi connectivity index (χ1v) is 7.27. The number of pyridine rings is 2. The first-order chi connectivity index (χ1) is 10.9. The summed E-state index contributed by atoms with van der Waals surface area (Å²) >= 11 is 0. The van der Waals surface area contributed by atoms with Crippen molar-refractivity contribution in [1.82, 2.24) is 9.97 Å². The van der Waals surface area contributed by atoms with E-state index in [0.717, 1.165) is 27.7 Å². The first kappa shape index (κ1) is 12.7. The third-order valence-corrected chi connectivity index (χ3v) is 3.75. The van der Waals surface area contributed by atoms with Crippen LogP contribution in [0.25, 0.3) is 33.3 Å². The molecule has 0 fully saturated rings. The third kappa shape index (κ3) is 2.25. The summed E-state index contributed by atoms with van der Waals surface area (Å²) in [4.78, 5) is 9.09. The van der Waals surface area contributed by atoms with E-state index in [-0.39, 0.29) is 0 Å². The lowest BCUT2D eigenvalue weighted by Gasteiger charge is -2.11. The fraction of sp³-hybridized carbons (Fsp3) is 0. The molecule has 4 rings (SSSR count). The van der Waals surface area contributed by atoms with Gasteiger partial charge in [0.2, 0.25) is 0 Å². The summed E-state index contributed by atoms with van der Waals surface area (Å²) in [5.41, 5.74) is 5.39. The fourth-order valence-corrected chi connectivity index (χ4v) is 2.67. The highest BCUT2D eigenvalue weighted by Gasteiger charge is 2.10. The van der Waals surface area contributed by atoms with Crippen LogP contribution >= 0.6 is 0 Å². The second-order valence-corrected chi connectivity index (χ2v) is 5.18. The van der Waals surface area contributed by atoms with Crippen LogP contribution in [0.3, 0.4) is 0 Å². The van der Waals surface area contributed by atoms with Crippen LogP contribution in [-0.2, 0) is 0 Å². The van der Waals surface area contributed by atoms with Gasteiger partial charge in [0.25, 0.3) is 0 Å². The van der Waals surface area contributed by atoms with Crippen molar-refractivity contribution < 1.29 is 0 Å². The van der Waals surface area contributed by atoms with Crippen LogP contribution in [0.15, 0.2) is 85.2 Å². The van der Waals surface area contributed by atoms with Gasteiger partial charge in [-0.15, -0.1) is 0 Å². The Morgan fingerprint density at radius 2 is 1.36 bits per heavy atom. The second kappa shape index (κ2) is 5.41. The summed E-state index contributed by atoms with van der Waals surface area (Å²) in [6.07, 6.45) is 3.65. The van der Waals surface area contributed by atoms with Crippen LogP contribution < -0.4 is 0 Å². The molecule has 2 heterocycles. The van der Waals surface area contributed by atoms with Crippen molar-refractivity contribution in [3.05, 3.63) is 85.2 Å². The van der Waals surface area contributed by atoms with Crippen LogP contribution in [0, 0.1) is 0 Å². The Morgan fingerprint density at radius 3 is 2.09 bits per heavy atom. The SMILES string of the molecule is c1ccc(-c2cc3cnccc3nc2-c2ccccc2)cc1. The number of rotatable bonds is 2. The third-order valence-electron chi connectivity index (χ3n) is 3.75. The zero-order chi connectivity index (χ0) is 14.8. The van der Waals surface area contributed by atoms with E-state index in [4.69, 9.17) is 4.98 Å². The van der Waals surface area contributed by atoms with E-state index in [2.05, 4.69) is 47.4 Å². The van der Waals surface area contributed by atoms with Crippen molar-refractivity contribution in [1.29, 1.82) is 0 Å². The monoisotopic (exact) mass is 282 g/mol. The van der Waals surface area contributed by atoms with Crippen molar-refractivity contribution in [3.8, 4) is 22.4 Å². The van der Waals surface area contributed by atoms with E-state index in [1.807, 2.05) is 36.5 Å². The highest BCUT2D eigenvalue weighted by atomic mass is 14.7. The Morgan fingerprint density at radius 1 is 0.682 bits per heavy atom. The molecule has 0 spiro atoms. The second-order valence-electron chi connectivity index (χ2n) is 5.18. The number of fused-ring (bicyclic) bond motifs is 1. The van der Waals surface area contributed by atoms with Crippen molar-refractivity contribution in [2.45, 2.75) is 0 Å². The highest BCUT2D eigenvalue weighted by Crippen LogP contribution is 2.32. The molecule has 0 saturated heterocycles. The molecule has 0 atom stereocenters. The molecular formula is C20H14N2. The Labute approximate surface area is 129 Å². The van der Waals surface area contributed by atoms with Gasteiger partial charge in [0, 0.05) is 28.9 Å². The molecule has 2 heteroatoms. The molecule has 0 aliphatic carbocycles. The molecule has 2 aromatic heterocycles. The van der Waals surface area contributed by atoms with Gasteiger partial charge in [-0.3, -0.25) is 4.98 Å². The summed E-state index contributed by atoms with van der Waals surface area (Å²) in [7, 11) is 0. The van der Waals surface area contributed by atoms with Crippen LogP contribution in [0.4, 0.5) is 0 Å². The normalized spacial score (nSPS) is 10.7. The molecule has 2 aromatic carbocycles. The maximum Gasteiger partial charge on any atom is 0.0788 e. The summed E-state index contributed by atoms with van der Waals surface area (Å²) in [6, 6.07) is 24.8. The largest absolute Gasteiger partial charge is 0.264 e. The van der Waals surface area contributed by atoms with Crippen LogP contribution in [0.5, 0.6) is 0 Å². The van der Waals surface area contributed by atoms with Gasteiger partial charge >= 0.3 is 0 Å². The zero-order valence-corrected chi connectivity index (χ0v) is 12.0. The molecule has 22 heavy (non-hydrogen) atoms. The summed E-state index contributed by atoms with van der Waals surface area (Å²) in [6.45, 7) is 0. The first-order valence-electron chi connectivity index (χ1n) is 7.27. The zero-order valence-electron chi connectivity index (χ0n) is 12.0. The lowest BCUT2D eigenvalue weighted by Crippen LogP contribution is -1.91. The number of hydrogen-bond acceptors (Lipinski definition) is 2. The van der Waals surface area contributed by atoms with Gasteiger partial charge in [-0.1, -0.05) is 60.7 Å². The topological polar surface area (TPSA) is 25.8 Å². The predicted molar refractivity (Wildman–Crippen MR) is 90.4 cm³/mol. The van der Waals surface area contributed by atoms with E-state index in [1.165, 1.54) is 5.56 Å². The van der Waals surface area contributed by atoms with Crippen molar-refractivity contribution in [2.24, 2.45) is 0 Å². The molecule has 0 aliphatic heterocycles. The van der Waals surface area contributed by atoms with Gasteiger partial charge in [0.1, 0.15) is 0 Å². The highest BCUT2D eigenvalue weighted by molar-refractivity contribution is 5.91. The van der Waals surface area contributed by atoms with E-state index in [1.54, 1.807) is 6.20 Å². The Bertz CT molecular complexity index is 838. The average Bonchev–Trinajstić information content (AvgIpc) is 2.62. The van der Waals surface area contributed by atoms with Crippen molar-refractivity contribution in [2.75, 3.05) is 0 Å². The van der Waals surface area contributed by atoms with Crippen LogP contribution in [0.1, 0.15) is 0 Å². The van der Waals surface area contributed by atoms with Gasteiger partial charge in [0.15, 0.2) is 0 Å². The Balaban J connectivity index is 2.04. The Hall–Kier alpha value is -3.00. The van der Waals surface area contributed by atoms with Gasteiger partial charge in [-0.2, -0.15) is 0 Å². The van der Waals surface area contributed by atoms with Crippen molar-refractivity contribution >= 4 is 10.9 Å². The predicted octanol–water partition coefficient (Wildman–Crippen LogP) is 4.96. The summed E-state index contributed by atoms with van der Waals surface area (Å²) < 4.78 is 0. The molecule has 0 unspecified atom stereocenters. The number of benzene rings is 2. The van der Waals surface area contributed by atoms with E-state index in [9.17, 15) is 0 Å². The van der Waals surface area contributed by atoms with Crippen LogP contribution in [-0.4, -0.2) is 9.97 Å². The maximum atomic E-state index is 4.88. The molecule has 2 nitrogen and oxygen atoms in total. The molecule has 4 aromatic rings. The molecular weight excluding hydrogens is 268 g/mol. The minimum Gasteiger partial charge on any atom is -0.264 e. The van der Waals surface area contributed by atoms with Gasteiger partial charge in [-0.25, -0.2) is 4.98 Å². The molecule has 0 radical (unpaired) electrons. The smallest absolute Gasteiger partial charge is 0.0788 e. The number of nitrogens with zero attached hydrogens (tertiary/aromatic N) is 2. The molecule has 0 amide bonds. The molecule has 0 bridgehead atoms. The number of aromatic nitrogens is 2. The maximum absolute atomic E-state index is 4.88. The quantitative estimate of drug-likeness (QED) is 0.519. The molecule has 0 aliphatic rings. The van der Waals surface area contributed by atoms with E-state index < -0.39 is 0 Å². The fourth-order valence-electron chi connectivity index (χ4n) is 2.67. The Kier molecular flexibility index (Phi) is 3.13. The standard InChI is InChI=1S/C20H14N2/c1-3-7-15(8-4-1)18-13-17-14-21-12-11-19(17)22-20(18)16-9-5-2-6-10-16/h1-14H. The molecule has 0 saturated carbocycles. The molecule has 104 valence electrons. The van der Waals surface area contributed by atoms with Crippen molar-refractivity contribution in [3.63, 3.8) is 0 Å². The summed E-state index contributed by atoms with van der Waals surface area (Å²) in [5.74, 6) is 0. The van der Waals surface area contributed by atoms with Crippen LogP contribution in [0.2, 0.25) is 0 Å². The lowest BCUT2D eigenvalue weighted by molar-refractivity contribution is 1.32. The number of hydrogen-bond donors (Lipinski definition) is 0. The minimum atomic E-state index is 0.966. The lowest BCUT2D eigenvalue weighted by atomic mass is 9.98. The summed E-state index contributed by atoms with van der Waals surface area (Å²) in [5, 5.41) is 1.06. The minimum absolute atomic E-state index is 0.966. The van der Waals surface area contributed by atoms with Gasteiger partial charge in [0.05, 0.1) is 11.2 Å². The van der Waals surface area contributed by atoms with Gasteiger partial charge < -0.3 is 0 Å².